The summed E-state index contributed by atoms with van der Waals surface area (Å²) in [6, 6.07) is 0. The normalized spacial score (nSPS) is 30.1. The molecule has 13 heavy (non-hydrogen) atoms. The zero-order chi connectivity index (χ0) is 10.1. The van der Waals surface area contributed by atoms with Gasteiger partial charge in [0.25, 0.3) is 0 Å². The van der Waals surface area contributed by atoms with Gasteiger partial charge in [-0.3, -0.25) is 4.79 Å². The number of nitrogens with two attached hydrogens (primary N) is 1. The molecule has 0 aromatic rings. The van der Waals surface area contributed by atoms with E-state index < -0.39 is 0 Å². The third-order valence-corrected chi connectivity index (χ3v) is 2.98. The monoisotopic (exact) mass is 184 g/mol. The Morgan fingerprint density at radius 1 is 1.38 bits per heavy atom. The van der Waals surface area contributed by atoms with Gasteiger partial charge in [-0.05, 0) is 24.3 Å². The molecule has 76 valence electrons. The average Bonchev–Trinajstić information content (AvgIpc) is 2.03. The van der Waals surface area contributed by atoms with E-state index in [4.69, 9.17) is 5.73 Å². The summed E-state index contributed by atoms with van der Waals surface area (Å²) in [6.07, 6.45) is 0.936. The smallest absolute Gasteiger partial charge is 0.221 e. The lowest BCUT2D eigenvalue weighted by molar-refractivity contribution is -0.123. The summed E-state index contributed by atoms with van der Waals surface area (Å²) in [4.78, 5) is 11.0. The molecule has 2 unspecified atom stereocenters. The maximum absolute atomic E-state index is 11.0. The summed E-state index contributed by atoms with van der Waals surface area (Å²) in [5.74, 6) is 0.415. The molecule has 0 aliphatic carbocycles. The Morgan fingerprint density at radius 3 is 2.46 bits per heavy atom. The van der Waals surface area contributed by atoms with Gasteiger partial charge in [0.05, 0.1) is 5.92 Å². The summed E-state index contributed by atoms with van der Waals surface area (Å²) < 4.78 is 0. The molecular weight excluding hydrogens is 164 g/mol. The maximum atomic E-state index is 11.0. The molecular formula is C10H20N2O. The SMILES string of the molecule is CC(C)(C)C1CNCC(C(N)=O)C1. The predicted octanol–water partition coefficient (Wildman–Crippen LogP) is 0.744. The van der Waals surface area contributed by atoms with Gasteiger partial charge < -0.3 is 11.1 Å². The highest BCUT2D eigenvalue weighted by molar-refractivity contribution is 5.77. The van der Waals surface area contributed by atoms with Crippen molar-refractivity contribution in [2.45, 2.75) is 27.2 Å². The lowest BCUT2D eigenvalue weighted by Gasteiger charge is -2.37. The van der Waals surface area contributed by atoms with E-state index in [0.29, 0.717) is 5.92 Å². The fourth-order valence-electron chi connectivity index (χ4n) is 1.82. The molecule has 1 saturated heterocycles. The highest BCUT2D eigenvalue weighted by Gasteiger charge is 2.32. The quantitative estimate of drug-likeness (QED) is 0.631. The van der Waals surface area contributed by atoms with Crippen molar-refractivity contribution in [3.8, 4) is 0 Å². The van der Waals surface area contributed by atoms with Crippen molar-refractivity contribution in [2.75, 3.05) is 13.1 Å². The summed E-state index contributed by atoms with van der Waals surface area (Å²) in [6.45, 7) is 8.39. The van der Waals surface area contributed by atoms with Crippen molar-refractivity contribution in [2.24, 2.45) is 23.0 Å². The van der Waals surface area contributed by atoms with Crippen molar-refractivity contribution in [1.82, 2.24) is 5.32 Å². The standard InChI is InChI=1S/C10H20N2O/c1-10(2,3)8-4-7(9(11)13)5-12-6-8/h7-8,12H,4-6H2,1-3H3,(H2,11,13). The van der Waals surface area contributed by atoms with E-state index in [1.807, 2.05) is 0 Å². The van der Waals surface area contributed by atoms with Gasteiger partial charge >= 0.3 is 0 Å². The van der Waals surface area contributed by atoms with Crippen LogP contribution < -0.4 is 11.1 Å². The minimum atomic E-state index is -0.165. The minimum Gasteiger partial charge on any atom is -0.369 e. The van der Waals surface area contributed by atoms with Gasteiger partial charge in [0.1, 0.15) is 0 Å². The molecule has 0 radical (unpaired) electrons. The Hall–Kier alpha value is -0.570. The van der Waals surface area contributed by atoms with Crippen LogP contribution in [0.25, 0.3) is 0 Å². The fraction of sp³-hybridized carbons (Fsp3) is 0.900. The van der Waals surface area contributed by atoms with Gasteiger partial charge in [-0.15, -0.1) is 0 Å². The Bertz CT molecular complexity index is 196. The Kier molecular flexibility index (Phi) is 2.96. The first-order valence-corrected chi connectivity index (χ1v) is 4.91. The molecule has 1 amide bonds. The van der Waals surface area contributed by atoms with Crippen molar-refractivity contribution in [3.63, 3.8) is 0 Å². The highest BCUT2D eigenvalue weighted by Crippen LogP contribution is 2.32. The second-order valence-electron chi connectivity index (χ2n) is 5.06. The van der Waals surface area contributed by atoms with E-state index in [1.54, 1.807) is 0 Å². The van der Waals surface area contributed by atoms with Gasteiger partial charge in [-0.1, -0.05) is 20.8 Å². The number of carbonyl (C=O) groups excluding carboxylic acids is 1. The first-order chi connectivity index (χ1) is 5.91. The van der Waals surface area contributed by atoms with Crippen LogP contribution in [0, 0.1) is 17.3 Å². The van der Waals surface area contributed by atoms with Gasteiger partial charge in [-0.25, -0.2) is 0 Å². The van der Waals surface area contributed by atoms with Gasteiger partial charge in [0, 0.05) is 6.54 Å². The maximum Gasteiger partial charge on any atom is 0.221 e. The molecule has 1 rings (SSSR count). The van der Waals surface area contributed by atoms with Crippen molar-refractivity contribution >= 4 is 5.91 Å². The molecule has 1 aliphatic rings. The molecule has 0 saturated carbocycles. The second-order valence-corrected chi connectivity index (χ2v) is 5.06. The van der Waals surface area contributed by atoms with Crippen LogP contribution in [0.2, 0.25) is 0 Å². The summed E-state index contributed by atoms with van der Waals surface area (Å²) >= 11 is 0. The van der Waals surface area contributed by atoms with Crippen molar-refractivity contribution < 1.29 is 4.79 Å². The lowest BCUT2D eigenvalue weighted by Crippen LogP contribution is -2.45. The second kappa shape index (κ2) is 3.66. The predicted molar refractivity (Wildman–Crippen MR) is 53.1 cm³/mol. The van der Waals surface area contributed by atoms with E-state index in [9.17, 15) is 4.79 Å². The van der Waals surface area contributed by atoms with Crippen LogP contribution in [-0.2, 0) is 4.79 Å². The van der Waals surface area contributed by atoms with E-state index in [2.05, 4.69) is 26.1 Å². The molecule has 0 bridgehead atoms. The molecule has 3 N–H and O–H groups in total. The Morgan fingerprint density at radius 2 is 2.00 bits per heavy atom. The Labute approximate surface area is 80.1 Å². The van der Waals surface area contributed by atoms with Gasteiger partial charge in [-0.2, -0.15) is 0 Å². The highest BCUT2D eigenvalue weighted by atomic mass is 16.1. The number of carbonyl (C=O) groups is 1. The van der Waals surface area contributed by atoms with E-state index in [-0.39, 0.29) is 17.2 Å². The van der Waals surface area contributed by atoms with E-state index >= 15 is 0 Å². The number of rotatable bonds is 1. The third kappa shape index (κ3) is 2.69. The molecule has 1 heterocycles. The topological polar surface area (TPSA) is 55.1 Å². The van der Waals surface area contributed by atoms with Crippen molar-refractivity contribution in [3.05, 3.63) is 0 Å². The van der Waals surface area contributed by atoms with Crippen LogP contribution >= 0.6 is 0 Å². The van der Waals surface area contributed by atoms with Crippen LogP contribution in [0.1, 0.15) is 27.2 Å². The number of primary amides is 1. The first-order valence-electron chi connectivity index (χ1n) is 4.91. The van der Waals surface area contributed by atoms with Crippen LogP contribution in [0.4, 0.5) is 0 Å². The van der Waals surface area contributed by atoms with Gasteiger partial charge in [0.2, 0.25) is 5.91 Å². The fourth-order valence-corrected chi connectivity index (χ4v) is 1.82. The summed E-state index contributed by atoms with van der Waals surface area (Å²) in [5.41, 5.74) is 5.56. The number of piperidine rings is 1. The first kappa shape index (κ1) is 10.5. The molecule has 0 aromatic carbocycles. The number of hydrogen-bond acceptors (Lipinski definition) is 2. The summed E-state index contributed by atoms with van der Waals surface area (Å²) in [5, 5.41) is 3.27. The molecule has 3 nitrogen and oxygen atoms in total. The number of amides is 1. The van der Waals surface area contributed by atoms with Crippen LogP contribution in [-0.4, -0.2) is 19.0 Å². The summed E-state index contributed by atoms with van der Waals surface area (Å²) in [7, 11) is 0. The van der Waals surface area contributed by atoms with Crippen LogP contribution in [0.15, 0.2) is 0 Å². The molecule has 2 atom stereocenters. The van der Waals surface area contributed by atoms with E-state index in [0.717, 1.165) is 19.5 Å². The van der Waals surface area contributed by atoms with Gasteiger partial charge in [0.15, 0.2) is 0 Å². The Balaban J connectivity index is 2.57. The lowest BCUT2D eigenvalue weighted by atomic mass is 9.74. The largest absolute Gasteiger partial charge is 0.369 e. The van der Waals surface area contributed by atoms with Crippen molar-refractivity contribution in [1.29, 1.82) is 0 Å². The third-order valence-electron chi connectivity index (χ3n) is 2.98. The number of hydrogen-bond donors (Lipinski definition) is 2. The molecule has 1 aliphatic heterocycles. The van der Waals surface area contributed by atoms with E-state index in [1.165, 1.54) is 0 Å². The molecule has 3 heteroatoms. The average molecular weight is 184 g/mol. The molecule has 0 spiro atoms. The molecule has 1 fully saturated rings. The molecule has 0 aromatic heterocycles. The zero-order valence-electron chi connectivity index (χ0n) is 8.76. The zero-order valence-corrected chi connectivity index (χ0v) is 8.76. The van der Waals surface area contributed by atoms with Crippen LogP contribution in [0.3, 0.4) is 0 Å². The number of nitrogens with one attached hydrogen (secondary N) is 1. The van der Waals surface area contributed by atoms with Crippen LogP contribution in [0.5, 0.6) is 0 Å². The minimum absolute atomic E-state index is 0.0259.